The normalized spacial score (nSPS) is 16.9. The highest BCUT2D eigenvalue weighted by atomic mass is 16.7. The Balaban J connectivity index is 1.28. The molecule has 0 aliphatic carbocycles. The Labute approximate surface area is 151 Å². The highest BCUT2D eigenvalue weighted by Gasteiger charge is 2.23. The molecule has 2 aliphatic heterocycles. The predicted octanol–water partition coefficient (Wildman–Crippen LogP) is 2.40. The van der Waals surface area contributed by atoms with Gasteiger partial charge in [-0.1, -0.05) is 18.2 Å². The van der Waals surface area contributed by atoms with Crippen LogP contribution in [0.1, 0.15) is 5.56 Å². The van der Waals surface area contributed by atoms with Gasteiger partial charge in [-0.2, -0.15) is 0 Å². The molecule has 0 bridgehead atoms. The number of rotatable bonds is 4. The first-order chi connectivity index (χ1) is 12.7. The Bertz CT molecular complexity index is 810. The Kier molecular flexibility index (Phi) is 4.43. The van der Waals surface area contributed by atoms with Crippen LogP contribution < -0.4 is 24.3 Å². The van der Waals surface area contributed by atoms with Gasteiger partial charge in [-0.25, -0.2) is 4.79 Å². The van der Waals surface area contributed by atoms with E-state index in [4.69, 9.17) is 18.9 Å². The van der Waals surface area contributed by atoms with Crippen LogP contribution in [0.25, 0.3) is 0 Å². The highest BCUT2D eigenvalue weighted by molar-refractivity contribution is 5.73. The Morgan fingerprint density at radius 3 is 2.73 bits per heavy atom. The van der Waals surface area contributed by atoms with E-state index >= 15 is 0 Å². The summed E-state index contributed by atoms with van der Waals surface area (Å²) in [4.78, 5) is 13.9. The fourth-order valence-electron chi connectivity index (χ4n) is 2.90. The average molecular weight is 356 g/mol. The zero-order valence-corrected chi connectivity index (χ0v) is 14.4. The summed E-state index contributed by atoms with van der Waals surface area (Å²) in [6.45, 7) is 1.49. The molecule has 136 valence electrons. The lowest BCUT2D eigenvalue weighted by molar-refractivity contribution is 0.0715. The topological polar surface area (TPSA) is 69.3 Å². The molecule has 0 spiro atoms. The number of hydrogen-bond donors (Lipinski definition) is 1. The molecule has 4 rings (SSSR count). The lowest BCUT2D eigenvalue weighted by Gasteiger charge is -2.29. The summed E-state index contributed by atoms with van der Waals surface area (Å²) >= 11 is 0. The molecule has 0 radical (unpaired) electrons. The second-order valence-electron chi connectivity index (χ2n) is 6.22. The molecule has 2 amide bonds. The van der Waals surface area contributed by atoms with Crippen LogP contribution in [-0.2, 0) is 6.54 Å². The summed E-state index contributed by atoms with van der Waals surface area (Å²) in [5.74, 6) is 2.88. The first-order valence-corrected chi connectivity index (χ1v) is 8.45. The zero-order chi connectivity index (χ0) is 17.9. The van der Waals surface area contributed by atoms with E-state index < -0.39 is 0 Å². The molecule has 2 heterocycles. The molecule has 2 aromatic rings. The molecular weight excluding hydrogens is 336 g/mol. The third-order valence-electron chi connectivity index (χ3n) is 4.27. The van der Waals surface area contributed by atoms with Gasteiger partial charge in [0, 0.05) is 13.6 Å². The number of carbonyl (C=O) groups is 1. The summed E-state index contributed by atoms with van der Waals surface area (Å²) in [7, 11) is 1.73. The Hall–Kier alpha value is -3.09. The minimum atomic E-state index is -0.203. The molecule has 0 aromatic heterocycles. The van der Waals surface area contributed by atoms with E-state index in [1.54, 1.807) is 11.9 Å². The van der Waals surface area contributed by atoms with E-state index in [1.165, 1.54) is 0 Å². The number of para-hydroxylation sites is 2. The van der Waals surface area contributed by atoms with Crippen LogP contribution in [-0.4, -0.2) is 44.0 Å². The summed E-state index contributed by atoms with van der Waals surface area (Å²) in [6.07, 6.45) is -0.203. The number of benzene rings is 2. The van der Waals surface area contributed by atoms with Crippen LogP contribution in [0.15, 0.2) is 42.5 Å². The number of amides is 2. The molecule has 2 aliphatic rings. The second kappa shape index (κ2) is 7.03. The second-order valence-corrected chi connectivity index (χ2v) is 6.22. The number of likely N-dealkylation sites (N-methyl/N-ethyl adjacent to an activating group) is 1. The standard InChI is InChI=1S/C19H20N2O5/c1-21(10-14-11-23-15-4-2-3-5-17(15)26-14)19(22)20-9-13-6-7-16-18(8-13)25-12-24-16/h2-8,14H,9-12H2,1H3,(H,20,22)/t14-/m1/s1. The van der Waals surface area contributed by atoms with Crippen molar-refractivity contribution in [2.45, 2.75) is 12.6 Å². The van der Waals surface area contributed by atoms with E-state index in [1.807, 2.05) is 42.5 Å². The number of carbonyl (C=O) groups excluding carboxylic acids is 1. The third kappa shape index (κ3) is 3.46. The average Bonchev–Trinajstić information content (AvgIpc) is 3.13. The highest BCUT2D eigenvalue weighted by Crippen LogP contribution is 2.32. The molecule has 7 nitrogen and oxygen atoms in total. The fourth-order valence-corrected chi connectivity index (χ4v) is 2.90. The summed E-state index contributed by atoms with van der Waals surface area (Å²) in [5, 5.41) is 2.89. The van der Waals surface area contributed by atoms with Gasteiger partial charge in [0.1, 0.15) is 6.61 Å². The van der Waals surface area contributed by atoms with Crippen molar-refractivity contribution in [1.82, 2.24) is 10.2 Å². The van der Waals surface area contributed by atoms with E-state index in [-0.39, 0.29) is 18.9 Å². The van der Waals surface area contributed by atoms with Gasteiger partial charge in [0.25, 0.3) is 0 Å². The number of fused-ring (bicyclic) bond motifs is 2. The van der Waals surface area contributed by atoms with Gasteiger partial charge < -0.3 is 29.2 Å². The molecule has 7 heteroatoms. The number of nitrogens with zero attached hydrogens (tertiary/aromatic N) is 1. The Morgan fingerprint density at radius 1 is 1.08 bits per heavy atom. The largest absolute Gasteiger partial charge is 0.486 e. The maximum Gasteiger partial charge on any atom is 0.317 e. The molecule has 1 N–H and O–H groups in total. The number of hydrogen-bond acceptors (Lipinski definition) is 5. The monoisotopic (exact) mass is 356 g/mol. The number of nitrogens with one attached hydrogen (secondary N) is 1. The van der Waals surface area contributed by atoms with Gasteiger partial charge in [0.15, 0.2) is 29.1 Å². The molecule has 0 unspecified atom stereocenters. The maximum absolute atomic E-state index is 12.3. The molecule has 0 fully saturated rings. The van der Waals surface area contributed by atoms with Crippen molar-refractivity contribution in [2.75, 3.05) is 27.0 Å². The van der Waals surface area contributed by atoms with Crippen LogP contribution in [0.5, 0.6) is 23.0 Å². The Morgan fingerprint density at radius 2 is 1.85 bits per heavy atom. The first kappa shape index (κ1) is 16.4. The molecule has 0 saturated carbocycles. The summed E-state index contributed by atoms with van der Waals surface area (Å²) < 4.78 is 22.2. The minimum Gasteiger partial charge on any atom is -0.486 e. The van der Waals surface area contributed by atoms with Gasteiger partial charge in [-0.3, -0.25) is 0 Å². The molecule has 26 heavy (non-hydrogen) atoms. The van der Waals surface area contributed by atoms with Crippen LogP contribution in [0.3, 0.4) is 0 Å². The third-order valence-corrected chi connectivity index (χ3v) is 4.27. The van der Waals surface area contributed by atoms with Gasteiger partial charge in [-0.05, 0) is 29.8 Å². The van der Waals surface area contributed by atoms with Crippen molar-refractivity contribution in [1.29, 1.82) is 0 Å². The predicted molar refractivity (Wildman–Crippen MR) is 93.8 cm³/mol. The molecule has 2 aromatic carbocycles. The quantitative estimate of drug-likeness (QED) is 0.911. The zero-order valence-electron chi connectivity index (χ0n) is 14.4. The first-order valence-electron chi connectivity index (χ1n) is 8.45. The summed E-state index contributed by atoms with van der Waals surface area (Å²) in [6, 6.07) is 13.0. The van der Waals surface area contributed by atoms with Gasteiger partial charge in [0.05, 0.1) is 6.54 Å². The smallest absolute Gasteiger partial charge is 0.317 e. The van der Waals surface area contributed by atoms with Gasteiger partial charge >= 0.3 is 6.03 Å². The van der Waals surface area contributed by atoms with Gasteiger partial charge in [-0.15, -0.1) is 0 Å². The van der Waals surface area contributed by atoms with Crippen molar-refractivity contribution in [3.8, 4) is 23.0 Å². The molecular formula is C19H20N2O5. The van der Waals surface area contributed by atoms with Crippen molar-refractivity contribution in [3.63, 3.8) is 0 Å². The van der Waals surface area contributed by atoms with Crippen molar-refractivity contribution in [2.24, 2.45) is 0 Å². The van der Waals surface area contributed by atoms with E-state index in [2.05, 4.69) is 5.32 Å². The van der Waals surface area contributed by atoms with Crippen molar-refractivity contribution < 1.29 is 23.7 Å². The van der Waals surface area contributed by atoms with Crippen LogP contribution in [0.2, 0.25) is 0 Å². The lowest BCUT2D eigenvalue weighted by atomic mass is 10.2. The van der Waals surface area contributed by atoms with E-state index in [0.29, 0.717) is 31.2 Å². The van der Waals surface area contributed by atoms with Gasteiger partial charge in [0.2, 0.25) is 6.79 Å². The van der Waals surface area contributed by atoms with E-state index in [0.717, 1.165) is 17.1 Å². The van der Waals surface area contributed by atoms with Crippen LogP contribution in [0.4, 0.5) is 4.79 Å². The SMILES string of the molecule is CN(C[C@@H]1COc2ccccc2O1)C(=O)NCc1ccc2c(c1)OCO2. The van der Waals surface area contributed by atoms with Crippen LogP contribution in [0, 0.1) is 0 Å². The summed E-state index contributed by atoms with van der Waals surface area (Å²) in [5.41, 5.74) is 0.946. The van der Waals surface area contributed by atoms with Crippen molar-refractivity contribution >= 4 is 6.03 Å². The molecule has 0 saturated heterocycles. The molecule has 1 atom stereocenters. The lowest BCUT2D eigenvalue weighted by Crippen LogP contribution is -2.45. The van der Waals surface area contributed by atoms with Crippen molar-refractivity contribution in [3.05, 3.63) is 48.0 Å². The van der Waals surface area contributed by atoms with E-state index in [9.17, 15) is 4.79 Å². The van der Waals surface area contributed by atoms with Crippen LogP contribution >= 0.6 is 0 Å². The fraction of sp³-hybridized carbons (Fsp3) is 0.316. The maximum atomic E-state index is 12.3. The number of ether oxygens (including phenoxy) is 4. The minimum absolute atomic E-state index is 0.176. The number of urea groups is 1.